The van der Waals surface area contributed by atoms with Gasteiger partial charge in [-0.05, 0) is 18.2 Å². The van der Waals surface area contributed by atoms with E-state index in [2.05, 4.69) is 10.2 Å². The van der Waals surface area contributed by atoms with Crippen molar-refractivity contribution >= 4 is 22.7 Å². The van der Waals surface area contributed by atoms with Gasteiger partial charge in [0.15, 0.2) is 17.0 Å². The number of amides is 1. The minimum atomic E-state index is -0.317. The van der Waals surface area contributed by atoms with Crippen molar-refractivity contribution in [2.24, 2.45) is 0 Å². The fourth-order valence-electron chi connectivity index (χ4n) is 3.16. The Morgan fingerprint density at radius 3 is 2.79 bits per heavy atom. The standard InChI is InChI=1S/C20H20N4O4/c1-23(2)18-7-8-19(22-21-18)27-13-9-10-24(12-13)20(26)17-11-15(25)14-5-3-4-6-16(14)28-17/h3-8,11,13H,9-10,12H2,1-2H3/t13-/m0/s1. The number of rotatable bonds is 4. The zero-order chi connectivity index (χ0) is 19.7. The number of nitrogens with zero attached hydrogens (tertiary/aromatic N) is 4. The molecule has 0 bridgehead atoms. The number of para-hydroxylation sites is 1. The highest BCUT2D eigenvalue weighted by atomic mass is 16.5. The molecule has 144 valence electrons. The Morgan fingerprint density at radius 1 is 1.21 bits per heavy atom. The van der Waals surface area contributed by atoms with Crippen LogP contribution in [0, 0.1) is 0 Å². The summed E-state index contributed by atoms with van der Waals surface area (Å²) in [5.74, 6) is 0.881. The zero-order valence-electron chi connectivity index (χ0n) is 15.7. The third-order valence-corrected chi connectivity index (χ3v) is 4.65. The Labute approximate surface area is 161 Å². The molecule has 3 heterocycles. The van der Waals surface area contributed by atoms with Gasteiger partial charge < -0.3 is 19.0 Å². The molecule has 0 unspecified atom stereocenters. The summed E-state index contributed by atoms with van der Waals surface area (Å²) in [6.45, 7) is 0.912. The van der Waals surface area contributed by atoms with Gasteiger partial charge in [0.05, 0.1) is 11.9 Å². The number of benzene rings is 1. The van der Waals surface area contributed by atoms with E-state index in [9.17, 15) is 9.59 Å². The first-order chi connectivity index (χ1) is 13.5. The first-order valence-corrected chi connectivity index (χ1v) is 9.01. The van der Waals surface area contributed by atoms with E-state index in [0.29, 0.717) is 36.4 Å². The average Bonchev–Trinajstić information content (AvgIpc) is 3.16. The summed E-state index contributed by atoms with van der Waals surface area (Å²) in [4.78, 5) is 28.5. The van der Waals surface area contributed by atoms with Gasteiger partial charge in [-0.3, -0.25) is 9.59 Å². The van der Waals surface area contributed by atoms with Crippen LogP contribution in [0.15, 0.2) is 51.7 Å². The lowest BCUT2D eigenvalue weighted by molar-refractivity contribution is 0.0740. The van der Waals surface area contributed by atoms with E-state index in [1.165, 1.54) is 6.07 Å². The van der Waals surface area contributed by atoms with Crippen molar-refractivity contribution < 1.29 is 13.9 Å². The van der Waals surface area contributed by atoms with Crippen LogP contribution in [0.25, 0.3) is 11.0 Å². The number of anilines is 1. The van der Waals surface area contributed by atoms with Crippen molar-refractivity contribution in [1.82, 2.24) is 15.1 Å². The van der Waals surface area contributed by atoms with Gasteiger partial charge in [0, 0.05) is 39.2 Å². The first kappa shape index (κ1) is 18.0. The molecule has 0 spiro atoms. The van der Waals surface area contributed by atoms with Gasteiger partial charge in [-0.2, -0.15) is 0 Å². The Kier molecular flexibility index (Phi) is 4.68. The quantitative estimate of drug-likeness (QED) is 0.683. The maximum atomic E-state index is 12.8. The van der Waals surface area contributed by atoms with Crippen molar-refractivity contribution in [1.29, 1.82) is 0 Å². The van der Waals surface area contributed by atoms with E-state index < -0.39 is 0 Å². The number of carbonyl (C=O) groups excluding carboxylic acids is 1. The molecule has 4 rings (SSSR count). The van der Waals surface area contributed by atoms with Gasteiger partial charge in [0.25, 0.3) is 5.91 Å². The molecule has 0 N–H and O–H groups in total. The number of ether oxygens (including phenoxy) is 1. The Bertz CT molecular complexity index is 1060. The van der Waals surface area contributed by atoms with Crippen molar-refractivity contribution in [3.63, 3.8) is 0 Å². The second-order valence-corrected chi connectivity index (χ2v) is 6.87. The molecule has 1 amide bonds. The van der Waals surface area contributed by atoms with Gasteiger partial charge in [0.1, 0.15) is 11.7 Å². The number of fused-ring (bicyclic) bond motifs is 1. The lowest BCUT2D eigenvalue weighted by Crippen LogP contribution is -2.31. The van der Waals surface area contributed by atoms with Gasteiger partial charge >= 0.3 is 0 Å². The third kappa shape index (κ3) is 3.53. The topological polar surface area (TPSA) is 88.8 Å². The predicted molar refractivity (Wildman–Crippen MR) is 104 cm³/mol. The third-order valence-electron chi connectivity index (χ3n) is 4.65. The Hall–Kier alpha value is -3.42. The lowest BCUT2D eigenvalue weighted by Gasteiger charge is -2.16. The number of likely N-dealkylation sites (tertiary alicyclic amines) is 1. The molecular weight excluding hydrogens is 360 g/mol. The molecule has 1 fully saturated rings. The highest BCUT2D eigenvalue weighted by Gasteiger charge is 2.30. The van der Waals surface area contributed by atoms with Gasteiger partial charge in [-0.15, -0.1) is 10.2 Å². The Morgan fingerprint density at radius 2 is 2.04 bits per heavy atom. The van der Waals surface area contributed by atoms with Crippen molar-refractivity contribution in [3.05, 3.63) is 58.4 Å². The monoisotopic (exact) mass is 380 g/mol. The molecule has 1 aliphatic heterocycles. The summed E-state index contributed by atoms with van der Waals surface area (Å²) in [6.07, 6.45) is 0.483. The van der Waals surface area contributed by atoms with Gasteiger partial charge in [-0.1, -0.05) is 12.1 Å². The molecule has 8 nitrogen and oxygen atoms in total. The van der Waals surface area contributed by atoms with Crippen molar-refractivity contribution in [2.75, 3.05) is 32.1 Å². The second-order valence-electron chi connectivity index (χ2n) is 6.87. The van der Waals surface area contributed by atoms with Crippen molar-refractivity contribution in [2.45, 2.75) is 12.5 Å². The second kappa shape index (κ2) is 7.30. The van der Waals surface area contributed by atoms with Gasteiger partial charge in [0.2, 0.25) is 5.88 Å². The van der Waals surface area contributed by atoms with Crippen molar-refractivity contribution in [3.8, 4) is 5.88 Å². The van der Waals surface area contributed by atoms with E-state index in [1.807, 2.05) is 25.1 Å². The summed E-state index contributed by atoms with van der Waals surface area (Å²) in [7, 11) is 3.77. The van der Waals surface area contributed by atoms with E-state index >= 15 is 0 Å². The molecule has 0 aliphatic carbocycles. The SMILES string of the molecule is CN(C)c1ccc(O[C@H]2CCN(C(=O)c3cc(=O)c4ccccc4o3)C2)nn1. The lowest BCUT2D eigenvalue weighted by atomic mass is 10.2. The van der Waals surface area contributed by atoms with E-state index in [-0.39, 0.29) is 23.2 Å². The summed E-state index contributed by atoms with van der Waals surface area (Å²) >= 11 is 0. The molecule has 1 aliphatic rings. The van der Waals surface area contributed by atoms with Crippen LogP contribution in [0.1, 0.15) is 17.0 Å². The smallest absolute Gasteiger partial charge is 0.289 e. The highest BCUT2D eigenvalue weighted by Crippen LogP contribution is 2.20. The van der Waals surface area contributed by atoms with Gasteiger partial charge in [-0.25, -0.2) is 0 Å². The average molecular weight is 380 g/mol. The van der Waals surface area contributed by atoms with Crippen LogP contribution in [0.4, 0.5) is 5.82 Å². The molecular formula is C20H20N4O4. The molecule has 8 heteroatoms. The minimum Gasteiger partial charge on any atom is -0.471 e. The molecule has 28 heavy (non-hydrogen) atoms. The molecule has 1 atom stereocenters. The number of carbonyl (C=O) groups is 1. The fraction of sp³-hybridized carbons (Fsp3) is 0.300. The number of hydrogen-bond donors (Lipinski definition) is 0. The van der Waals surface area contributed by atoms with Crippen LogP contribution in [-0.4, -0.2) is 54.3 Å². The summed E-state index contributed by atoms with van der Waals surface area (Å²) < 4.78 is 11.5. The van der Waals surface area contributed by atoms with Crippen LogP contribution in [-0.2, 0) is 0 Å². The molecule has 3 aromatic rings. The number of hydrogen-bond acceptors (Lipinski definition) is 7. The molecule has 2 aromatic heterocycles. The van der Waals surface area contributed by atoms with Crippen LogP contribution in [0.5, 0.6) is 5.88 Å². The fourth-order valence-corrected chi connectivity index (χ4v) is 3.16. The summed E-state index contributed by atoms with van der Waals surface area (Å²) in [5, 5.41) is 8.60. The molecule has 0 radical (unpaired) electrons. The first-order valence-electron chi connectivity index (χ1n) is 9.01. The van der Waals surface area contributed by atoms with E-state index in [4.69, 9.17) is 9.15 Å². The van der Waals surface area contributed by atoms with Crippen LogP contribution < -0.4 is 15.1 Å². The number of aromatic nitrogens is 2. The maximum Gasteiger partial charge on any atom is 0.289 e. The molecule has 0 saturated carbocycles. The summed E-state index contributed by atoms with van der Waals surface area (Å²) in [6, 6.07) is 11.7. The predicted octanol–water partition coefficient (Wildman–Crippen LogP) is 1.94. The van der Waals surface area contributed by atoms with E-state index in [1.54, 1.807) is 35.2 Å². The Balaban J connectivity index is 1.45. The van der Waals surface area contributed by atoms with Crippen LogP contribution >= 0.6 is 0 Å². The normalized spacial score (nSPS) is 16.4. The maximum absolute atomic E-state index is 12.8. The highest BCUT2D eigenvalue weighted by molar-refractivity contribution is 5.93. The summed E-state index contributed by atoms with van der Waals surface area (Å²) in [5.41, 5.74) is 0.176. The zero-order valence-corrected chi connectivity index (χ0v) is 15.7. The van der Waals surface area contributed by atoms with E-state index in [0.717, 1.165) is 5.82 Å². The largest absolute Gasteiger partial charge is 0.471 e. The van der Waals surface area contributed by atoms with Crippen LogP contribution in [0.3, 0.4) is 0 Å². The van der Waals surface area contributed by atoms with Crippen LogP contribution in [0.2, 0.25) is 0 Å². The minimum absolute atomic E-state index is 0.0412. The molecule has 1 aromatic carbocycles. The molecule has 1 saturated heterocycles.